The monoisotopic (exact) mass is 938 g/mol. The van der Waals surface area contributed by atoms with Gasteiger partial charge in [-0.05, 0) is 138 Å². The Morgan fingerprint density at radius 1 is 0.329 bits per heavy atom. The van der Waals surface area contributed by atoms with Crippen LogP contribution in [-0.4, -0.2) is 4.98 Å². The van der Waals surface area contributed by atoms with Gasteiger partial charge in [-0.15, -0.1) is 0 Å². The average molecular weight is 939 g/mol. The van der Waals surface area contributed by atoms with Crippen LogP contribution in [0.15, 0.2) is 249 Å². The van der Waals surface area contributed by atoms with Gasteiger partial charge in [-0.3, -0.25) is 0 Å². The van der Waals surface area contributed by atoms with E-state index in [9.17, 15) is 0 Å². The van der Waals surface area contributed by atoms with E-state index in [2.05, 4.69) is 261 Å². The molecule has 1 heterocycles. The molecule has 2 nitrogen and oxygen atoms in total. The van der Waals surface area contributed by atoms with Gasteiger partial charge in [-0.25, -0.2) is 4.98 Å². The fourth-order valence-electron chi connectivity index (χ4n) is 11.1. The number of para-hydroxylation sites is 3. The predicted octanol–water partition coefficient (Wildman–Crippen LogP) is 20.4. The highest BCUT2D eigenvalue weighted by Gasteiger charge is 2.19. The molecule has 0 spiro atoms. The molecule has 0 amide bonds. The van der Waals surface area contributed by atoms with E-state index in [1.165, 1.54) is 98.7 Å². The number of nitrogens with zero attached hydrogens (tertiary/aromatic N) is 2. The third-order valence-corrected chi connectivity index (χ3v) is 14.8. The van der Waals surface area contributed by atoms with Gasteiger partial charge in [-0.2, -0.15) is 0 Å². The lowest BCUT2D eigenvalue weighted by molar-refractivity contribution is 0.607. The van der Waals surface area contributed by atoms with E-state index in [-0.39, 0.29) is 0 Å². The van der Waals surface area contributed by atoms with Crippen LogP contribution in [0.5, 0.6) is 0 Å². The quantitative estimate of drug-likeness (QED) is 0.0752. The van der Waals surface area contributed by atoms with E-state index in [0.717, 1.165) is 67.9 Å². The molecule has 11 aromatic carbocycles. The molecule has 0 fully saturated rings. The Labute approximate surface area is 429 Å². The number of anilines is 3. The Hall–Kier alpha value is -8.59. The number of fused-ring (bicyclic) bond motifs is 4. The highest BCUT2D eigenvalue weighted by Crippen LogP contribution is 2.45. The van der Waals surface area contributed by atoms with Crippen molar-refractivity contribution in [3.05, 3.63) is 254 Å². The van der Waals surface area contributed by atoms with Crippen molar-refractivity contribution in [3.63, 3.8) is 0 Å². The molecule has 0 aliphatic carbocycles. The fraction of sp³-hybridized carbons (Fsp3) is 0.113. The maximum atomic E-state index is 5.58. The molecule has 73 heavy (non-hydrogen) atoms. The van der Waals surface area contributed by atoms with Gasteiger partial charge < -0.3 is 4.90 Å². The molecule has 352 valence electrons. The molecule has 0 radical (unpaired) electrons. The van der Waals surface area contributed by atoms with Crippen LogP contribution in [0.4, 0.5) is 17.1 Å². The molecule has 12 rings (SSSR count). The first-order chi connectivity index (χ1) is 36.2. The summed E-state index contributed by atoms with van der Waals surface area (Å²) in [4.78, 5) is 7.90. The molecule has 0 N–H and O–H groups in total. The normalized spacial score (nSPS) is 11.5. The van der Waals surface area contributed by atoms with Crippen molar-refractivity contribution in [1.29, 1.82) is 0 Å². The van der Waals surface area contributed by atoms with E-state index in [1.54, 1.807) is 0 Å². The summed E-state index contributed by atoms with van der Waals surface area (Å²) in [5, 5.41) is 8.63. The van der Waals surface area contributed by atoms with Crippen LogP contribution in [-0.2, 0) is 6.42 Å². The zero-order chi connectivity index (χ0) is 48.9. The molecule has 0 aliphatic heterocycles. The minimum atomic E-state index is 0.974. The largest absolute Gasteiger partial charge is 0.311 e. The molecule has 1 aromatic heterocycles. The SMILES string of the molecule is CCCCCCCCc1ccc(-c2cc(-c3ccc(N(c4ccccc4)c4ccccc4)cc3)c3cccc(-c4ccc(-c5c6ccccc6c(-c6ccc7ccccc7c6)c6ccccc56)cc4)c3n2)cc1. The molecule has 0 bridgehead atoms. The van der Waals surface area contributed by atoms with Gasteiger partial charge in [0, 0.05) is 33.6 Å². The van der Waals surface area contributed by atoms with Gasteiger partial charge in [0.1, 0.15) is 0 Å². The summed E-state index contributed by atoms with van der Waals surface area (Å²) >= 11 is 0. The van der Waals surface area contributed by atoms with E-state index in [4.69, 9.17) is 4.98 Å². The van der Waals surface area contributed by atoms with Gasteiger partial charge >= 0.3 is 0 Å². The Kier molecular flexibility index (Phi) is 12.9. The number of benzene rings is 11. The van der Waals surface area contributed by atoms with Gasteiger partial charge in [-0.1, -0.05) is 239 Å². The maximum Gasteiger partial charge on any atom is 0.0794 e. The minimum absolute atomic E-state index is 0.974. The lowest BCUT2D eigenvalue weighted by atomic mass is 9.85. The van der Waals surface area contributed by atoms with Crippen LogP contribution in [0.2, 0.25) is 0 Å². The smallest absolute Gasteiger partial charge is 0.0794 e. The lowest BCUT2D eigenvalue weighted by Crippen LogP contribution is -2.09. The number of aromatic nitrogens is 1. The number of aryl methyl sites for hydroxylation is 1. The van der Waals surface area contributed by atoms with Crippen molar-refractivity contribution in [1.82, 2.24) is 4.98 Å². The highest BCUT2D eigenvalue weighted by molar-refractivity contribution is 6.22. The Bertz CT molecular complexity index is 3760. The van der Waals surface area contributed by atoms with E-state index in [1.807, 2.05) is 0 Å². The first kappa shape index (κ1) is 45.5. The van der Waals surface area contributed by atoms with Crippen molar-refractivity contribution in [2.45, 2.75) is 51.9 Å². The third-order valence-electron chi connectivity index (χ3n) is 14.8. The zero-order valence-corrected chi connectivity index (χ0v) is 41.5. The van der Waals surface area contributed by atoms with Crippen molar-refractivity contribution in [2.75, 3.05) is 4.90 Å². The van der Waals surface area contributed by atoms with Gasteiger partial charge in [0.15, 0.2) is 0 Å². The topological polar surface area (TPSA) is 16.1 Å². The molecular weight excluding hydrogens is 881 g/mol. The van der Waals surface area contributed by atoms with Crippen molar-refractivity contribution >= 4 is 60.3 Å². The van der Waals surface area contributed by atoms with Crippen molar-refractivity contribution < 1.29 is 0 Å². The summed E-state index contributed by atoms with van der Waals surface area (Å²) in [5.74, 6) is 0. The molecule has 12 aromatic rings. The first-order valence-electron chi connectivity index (χ1n) is 26.3. The second-order valence-electron chi connectivity index (χ2n) is 19.5. The average Bonchev–Trinajstić information content (AvgIpc) is 3.46. The minimum Gasteiger partial charge on any atom is -0.311 e. The number of unbranched alkanes of at least 4 members (excludes halogenated alkanes) is 5. The Balaban J connectivity index is 0.952. The summed E-state index contributed by atoms with van der Waals surface area (Å²) in [6, 6.07) is 91.1. The zero-order valence-electron chi connectivity index (χ0n) is 41.5. The molecule has 0 saturated heterocycles. The van der Waals surface area contributed by atoms with E-state index >= 15 is 0 Å². The number of hydrogen-bond donors (Lipinski definition) is 0. The van der Waals surface area contributed by atoms with Crippen LogP contribution in [0.1, 0.15) is 51.0 Å². The van der Waals surface area contributed by atoms with Crippen molar-refractivity contribution in [2.24, 2.45) is 0 Å². The molecule has 0 saturated carbocycles. The molecule has 0 aliphatic rings. The van der Waals surface area contributed by atoms with Crippen LogP contribution in [0, 0.1) is 0 Å². The van der Waals surface area contributed by atoms with E-state index in [0.29, 0.717) is 0 Å². The van der Waals surface area contributed by atoms with Gasteiger partial charge in [0.2, 0.25) is 0 Å². The second-order valence-corrected chi connectivity index (χ2v) is 19.5. The lowest BCUT2D eigenvalue weighted by Gasteiger charge is -2.25. The fourth-order valence-corrected chi connectivity index (χ4v) is 11.1. The Morgan fingerprint density at radius 3 is 1.45 bits per heavy atom. The Morgan fingerprint density at radius 2 is 0.808 bits per heavy atom. The molecular formula is C71H58N2. The third kappa shape index (κ3) is 9.18. The van der Waals surface area contributed by atoms with Gasteiger partial charge in [0.25, 0.3) is 0 Å². The molecule has 0 unspecified atom stereocenters. The second kappa shape index (κ2) is 20.6. The summed E-state index contributed by atoms with van der Waals surface area (Å²) < 4.78 is 0. The predicted molar refractivity (Wildman–Crippen MR) is 313 cm³/mol. The molecule has 0 atom stereocenters. The highest BCUT2D eigenvalue weighted by atomic mass is 15.1. The standard InChI is InChI=1S/C71H58N2/c1-2-3-4-5-6-9-21-50-34-36-54(37-35-50)68-49-67(53-44-46-60(47-45-53)73(58-24-10-7-11-25-58)59-26-12-8-13-27-59)66-33-20-32-61(71(66)72-68)52-39-41-55(42-40-52)69-62-28-16-18-30-64(62)70(65-31-19-17-29-63(65)69)57-43-38-51-22-14-15-23-56(51)48-57/h7-8,10-20,22-49H,2-6,9,21H2,1H3. The molecule has 2 heteroatoms. The van der Waals surface area contributed by atoms with Crippen LogP contribution in [0.3, 0.4) is 0 Å². The summed E-state index contributed by atoms with van der Waals surface area (Å²) in [6.45, 7) is 2.28. The number of pyridine rings is 1. The van der Waals surface area contributed by atoms with Crippen LogP contribution < -0.4 is 4.90 Å². The van der Waals surface area contributed by atoms with Gasteiger partial charge in [0.05, 0.1) is 11.2 Å². The summed E-state index contributed by atoms with van der Waals surface area (Å²) in [7, 11) is 0. The van der Waals surface area contributed by atoms with E-state index < -0.39 is 0 Å². The van der Waals surface area contributed by atoms with Crippen LogP contribution in [0.25, 0.3) is 99.0 Å². The summed E-state index contributed by atoms with van der Waals surface area (Å²) in [6.07, 6.45) is 8.92. The maximum absolute atomic E-state index is 5.58. The first-order valence-corrected chi connectivity index (χ1v) is 26.3. The summed E-state index contributed by atoms with van der Waals surface area (Å²) in [5.41, 5.74) is 17.3. The van der Waals surface area contributed by atoms with Crippen LogP contribution >= 0.6 is 0 Å². The number of hydrogen-bond acceptors (Lipinski definition) is 2. The van der Waals surface area contributed by atoms with Crippen molar-refractivity contribution in [3.8, 4) is 55.8 Å². The number of rotatable bonds is 15.